The van der Waals surface area contributed by atoms with Gasteiger partial charge in [0.05, 0.1) is 18.6 Å². The molecular weight excluding hydrogens is 202 g/mol. The van der Waals surface area contributed by atoms with E-state index in [1.54, 1.807) is 6.20 Å². The van der Waals surface area contributed by atoms with Crippen LogP contribution in [-0.4, -0.2) is 26.6 Å². The van der Waals surface area contributed by atoms with E-state index in [1.807, 2.05) is 11.8 Å². The molecule has 0 amide bonds. The molecule has 2 rings (SSSR count). The lowest BCUT2D eigenvalue weighted by Crippen LogP contribution is -2.43. The average molecular weight is 213 g/mol. The first-order valence-corrected chi connectivity index (χ1v) is 5.82. The number of pyridine rings is 1. The van der Waals surface area contributed by atoms with E-state index >= 15 is 0 Å². The van der Waals surface area contributed by atoms with Gasteiger partial charge in [-0.2, -0.15) is 4.72 Å². The van der Waals surface area contributed by atoms with Crippen molar-refractivity contribution in [2.45, 2.75) is 11.8 Å². The summed E-state index contributed by atoms with van der Waals surface area (Å²) in [6.45, 7) is 3.04. The van der Waals surface area contributed by atoms with E-state index in [-0.39, 0.29) is 0 Å². The Labute approximate surface area is 82.8 Å². The van der Waals surface area contributed by atoms with Gasteiger partial charge in [-0.05, 0) is 13.0 Å². The fourth-order valence-corrected chi connectivity index (χ4v) is 2.62. The number of nitrogens with zero attached hydrogens (tertiary/aromatic N) is 2. The van der Waals surface area contributed by atoms with E-state index in [2.05, 4.69) is 9.71 Å². The number of anilines is 1. The van der Waals surface area contributed by atoms with E-state index in [0.29, 0.717) is 17.3 Å². The van der Waals surface area contributed by atoms with Crippen LogP contribution in [0.15, 0.2) is 23.4 Å². The Bertz CT molecular complexity index is 444. The van der Waals surface area contributed by atoms with Crippen LogP contribution in [0.2, 0.25) is 0 Å². The molecule has 0 aromatic carbocycles. The zero-order valence-corrected chi connectivity index (χ0v) is 8.58. The van der Waals surface area contributed by atoms with Crippen molar-refractivity contribution in [2.75, 3.05) is 18.1 Å². The molecule has 2 heterocycles. The normalized spacial score (nSPS) is 19.1. The number of sulfonamides is 1. The maximum Gasteiger partial charge on any atom is 0.244 e. The van der Waals surface area contributed by atoms with Crippen molar-refractivity contribution in [3.05, 3.63) is 18.5 Å². The summed E-state index contributed by atoms with van der Waals surface area (Å²) < 4.78 is 25.6. The number of nitrogens with one attached hydrogen (secondary N) is 1. The number of hydrogen-bond donors (Lipinski definition) is 1. The van der Waals surface area contributed by atoms with Crippen LogP contribution < -0.4 is 9.62 Å². The fourth-order valence-electron chi connectivity index (χ4n) is 1.45. The van der Waals surface area contributed by atoms with Gasteiger partial charge in [-0.1, -0.05) is 0 Å². The third-order valence-electron chi connectivity index (χ3n) is 2.22. The molecule has 0 fully saturated rings. The summed E-state index contributed by atoms with van der Waals surface area (Å²) in [5, 5.41) is 0. The maximum absolute atomic E-state index is 11.6. The molecule has 1 N–H and O–H groups in total. The molecule has 1 aliphatic rings. The average Bonchev–Trinajstić information content (AvgIpc) is 2.18. The molecule has 0 atom stereocenters. The van der Waals surface area contributed by atoms with Gasteiger partial charge in [0.15, 0.2) is 0 Å². The second-order valence-corrected chi connectivity index (χ2v) is 4.74. The molecule has 5 nitrogen and oxygen atoms in total. The molecule has 1 aliphatic heterocycles. The minimum Gasteiger partial charge on any atom is -0.356 e. The lowest BCUT2D eigenvalue weighted by Gasteiger charge is -2.29. The summed E-state index contributed by atoms with van der Waals surface area (Å²) in [6.07, 6.45) is 3.06. The maximum atomic E-state index is 11.6. The highest BCUT2D eigenvalue weighted by molar-refractivity contribution is 7.89. The minimum absolute atomic E-state index is 0.306. The largest absolute Gasteiger partial charge is 0.356 e. The molecule has 14 heavy (non-hydrogen) atoms. The Morgan fingerprint density at radius 2 is 2.43 bits per heavy atom. The highest BCUT2D eigenvalue weighted by Gasteiger charge is 2.26. The van der Waals surface area contributed by atoms with Crippen LogP contribution in [0.1, 0.15) is 6.92 Å². The third kappa shape index (κ3) is 1.36. The van der Waals surface area contributed by atoms with Crippen molar-refractivity contribution < 1.29 is 8.42 Å². The van der Waals surface area contributed by atoms with Crippen LogP contribution in [0.5, 0.6) is 0 Å². The highest BCUT2D eigenvalue weighted by Crippen LogP contribution is 2.26. The molecule has 0 saturated carbocycles. The summed E-state index contributed by atoms with van der Waals surface area (Å²) in [5.74, 6) is 0. The quantitative estimate of drug-likeness (QED) is 0.721. The van der Waals surface area contributed by atoms with E-state index in [9.17, 15) is 8.42 Å². The Morgan fingerprint density at radius 3 is 3.14 bits per heavy atom. The molecule has 0 saturated heterocycles. The van der Waals surface area contributed by atoms with Crippen molar-refractivity contribution in [1.82, 2.24) is 9.71 Å². The Morgan fingerprint density at radius 1 is 1.64 bits per heavy atom. The fraction of sp³-hybridized carbons (Fsp3) is 0.375. The van der Waals surface area contributed by atoms with Crippen molar-refractivity contribution in [1.29, 1.82) is 0 Å². The SMILES string of the molecule is CCN1CNS(=O)(=O)c2ccncc21. The van der Waals surface area contributed by atoms with Gasteiger partial charge in [0, 0.05) is 12.7 Å². The van der Waals surface area contributed by atoms with Gasteiger partial charge in [0.2, 0.25) is 10.0 Å². The van der Waals surface area contributed by atoms with Crippen molar-refractivity contribution in [2.24, 2.45) is 0 Å². The second-order valence-electron chi connectivity index (χ2n) is 3.01. The zero-order valence-electron chi connectivity index (χ0n) is 7.77. The molecule has 0 radical (unpaired) electrons. The molecule has 76 valence electrons. The number of rotatable bonds is 1. The highest BCUT2D eigenvalue weighted by atomic mass is 32.2. The van der Waals surface area contributed by atoms with Crippen LogP contribution in [0.25, 0.3) is 0 Å². The van der Waals surface area contributed by atoms with Gasteiger partial charge >= 0.3 is 0 Å². The molecule has 0 spiro atoms. The standard InChI is InChI=1S/C8H11N3O2S/c1-2-11-6-10-14(12,13)8-3-4-9-5-7(8)11/h3-5,10H,2,6H2,1H3. The predicted octanol–water partition coefficient (Wildman–Crippen LogP) is 0.157. The summed E-state index contributed by atoms with van der Waals surface area (Å²) in [5.41, 5.74) is 0.675. The Balaban J connectivity index is 2.61. The van der Waals surface area contributed by atoms with Crippen LogP contribution in [0.3, 0.4) is 0 Å². The van der Waals surface area contributed by atoms with E-state index in [0.717, 1.165) is 6.54 Å². The van der Waals surface area contributed by atoms with Gasteiger partial charge < -0.3 is 4.90 Å². The predicted molar refractivity (Wildman–Crippen MR) is 52.4 cm³/mol. The topological polar surface area (TPSA) is 62.3 Å². The summed E-state index contributed by atoms with van der Waals surface area (Å²) in [6, 6.07) is 1.51. The van der Waals surface area contributed by atoms with Gasteiger partial charge in [-0.25, -0.2) is 8.42 Å². The van der Waals surface area contributed by atoms with E-state index in [4.69, 9.17) is 0 Å². The molecule has 0 unspecified atom stereocenters. The number of hydrogen-bond acceptors (Lipinski definition) is 4. The summed E-state index contributed by atoms with van der Waals surface area (Å²) in [7, 11) is -3.32. The lowest BCUT2D eigenvalue weighted by atomic mass is 10.4. The van der Waals surface area contributed by atoms with Crippen LogP contribution in [0, 0.1) is 0 Å². The van der Waals surface area contributed by atoms with Gasteiger partial charge in [-0.3, -0.25) is 4.98 Å². The number of aromatic nitrogens is 1. The summed E-state index contributed by atoms with van der Waals surface area (Å²) >= 11 is 0. The lowest BCUT2D eigenvalue weighted by molar-refractivity contribution is 0.572. The molecular formula is C8H11N3O2S. The third-order valence-corrected chi connectivity index (χ3v) is 3.65. The molecule has 0 aliphatic carbocycles. The van der Waals surface area contributed by atoms with Gasteiger partial charge in [-0.15, -0.1) is 0 Å². The first-order chi connectivity index (χ1) is 6.65. The molecule has 0 bridgehead atoms. The van der Waals surface area contributed by atoms with Crippen molar-refractivity contribution in [3.63, 3.8) is 0 Å². The van der Waals surface area contributed by atoms with Crippen molar-refractivity contribution in [3.8, 4) is 0 Å². The first-order valence-electron chi connectivity index (χ1n) is 4.34. The minimum atomic E-state index is -3.32. The van der Waals surface area contributed by atoms with Crippen LogP contribution in [-0.2, 0) is 10.0 Å². The van der Waals surface area contributed by atoms with Gasteiger partial charge in [0.1, 0.15) is 4.90 Å². The van der Waals surface area contributed by atoms with E-state index in [1.165, 1.54) is 12.3 Å². The van der Waals surface area contributed by atoms with Crippen LogP contribution in [0.4, 0.5) is 5.69 Å². The monoisotopic (exact) mass is 213 g/mol. The second kappa shape index (κ2) is 3.21. The first kappa shape index (κ1) is 9.42. The summed E-state index contributed by atoms with van der Waals surface area (Å²) in [4.78, 5) is 6.15. The molecule has 1 aromatic rings. The smallest absolute Gasteiger partial charge is 0.244 e. The molecule has 1 aromatic heterocycles. The van der Waals surface area contributed by atoms with Gasteiger partial charge in [0.25, 0.3) is 0 Å². The zero-order chi connectivity index (χ0) is 10.2. The van der Waals surface area contributed by atoms with Crippen LogP contribution >= 0.6 is 0 Å². The van der Waals surface area contributed by atoms with Crippen molar-refractivity contribution >= 4 is 15.7 Å². The Kier molecular flexibility index (Phi) is 2.16. The van der Waals surface area contributed by atoms with E-state index < -0.39 is 10.0 Å². The Hall–Kier alpha value is -1.14. The number of fused-ring (bicyclic) bond motifs is 1. The molecule has 6 heteroatoms.